The lowest BCUT2D eigenvalue weighted by Crippen LogP contribution is -2.30. The molecule has 0 aromatic carbocycles. The van der Waals surface area contributed by atoms with Crippen LogP contribution >= 0.6 is 15.9 Å². The van der Waals surface area contributed by atoms with Crippen molar-refractivity contribution in [2.24, 2.45) is 0 Å². The first-order valence-corrected chi connectivity index (χ1v) is 5.88. The normalized spacial score (nSPS) is 21.5. The number of aromatic nitrogens is 2. The molecule has 1 unspecified atom stereocenters. The molecule has 2 heterocycles. The molecule has 0 saturated carbocycles. The van der Waals surface area contributed by atoms with Crippen LogP contribution in [0.15, 0.2) is 21.8 Å². The fraction of sp³-hybridized carbons (Fsp3) is 0.600. The summed E-state index contributed by atoms with van der Waals surface area (Å²) in [6.45, 7) is 1.41. The number of rotatable bonds is 2. The molecule has 1 saturated heterocycles. The van der Waals surface area contributed by atoms with E-state index in [1.807, 2.05) is 0 Å². The van der Waals surface area contributed by atoms with Crippen molar-refractivity contribution in [1.82, 2.24) is 9.55 Å². The van der Waals surface area contributed by atoms with Gasteiger partial charge in [0.05, 0.1) is 19.0 Å². The molecule has 82 valence electrons. The highest BCUT2D eigenvalue weighted by atomic mass is 79.9. The Balaban J connectivity index is 2.09. The van der Waals surface area contributed by atoms with E-state index in [0.29, 0.717) is 11.0 Å². The first-order valence-electron chi connectivity index (χ1n) is 5.09. The van der Waals surface area contributed by atoms with Crippen molar-refractivity contribution in [2.75, 3.05) is 6.61 Å². The summed E-state index contributed by atoms with van der Waals surface area (Å²) in [6, 6.07) is 0. The summed E-state index contributed by atoms with van der Waals surface area (Å²) in [4.78, 5) is 15.6. The lowest BCUT2D eigenvalue weighted by atomic mass is 10.1. The van der Waals surface area contributed by atoms with Crippen molar-refractivity contribution in [1.29, 1.82) is 0 Å². The zero-order chi connectivity index (χ0) is 10.7. The summed E-state index contributed by atoms with van der Waals surface area (Å²) in [6.07, 6.45) is 6.57. The number of halogens is 1. The lowest BCUT2D eigenvalue weighted by molar-refractivity contribution is 0.00522. The van der Waals surface area contributed by atoms with Crippen molar-refractivity contribution < 1.29 is 4.74 Å². The molecule has 0 radical (unpaired) electrons. The van der Waals surface area contributed by atoms with E-state index in [2.05, 4.69) is 20.9 Å². The van der Waals surface area contributed by atoms with E-state index in [9.17, 15) is 4.79 Å². The van der Waals surface area contributed by atoms with Crippen LogP contribution in [0.4, 0.5) is 0 Å². The Hall–Kier alpha value is -0.680. The zero-order valence-electron chi connectivity index (χ0n) is 8.36. The quantitative estimate of drug-likeness (QED) is 0.821. The van der Waals surface area contributed by atoms with E-state index in [1.165, 1.54) is 12.6 Å². The van der Waals surface area contributed by atoms with Crippen molar-refractivity contribution in [3.05, 3.63) is 27.4 Å². The van der Waals surface area contributed by atoms with Crippen LogP contribution in [0.5, 0.6) is 0 Å². The van der Waals surface area contributed by atoms with Crippen LogP contribution in [0.2, 0.25) is 0 Å². The lowest BCUT2D eigenvalue weighted by Gasteiger charge is -2.22. The Bertz CT molecular complexity index is 385. The first-order chi connectivity index (χ1) is 7.27. The SMILES string of the molecule is O=c1c(Br)cncn1CC1CCCCO1. The van der Waals surface area contributed by atoms with Crippen LogP contribution in [0.1, 0.15) is 19.3 Å². The minimum Gasteiger partial charge on any atom is -0.376 e. The van der Waals surface area contributed by atoms with E-state index in [-0.39, 0.29) is 11.7 Å². The van der Waals surface area contributed by atoms with E-state index in [4.69, 9.17) is 4.74 Å². The molecule has 1 aliphatic heterocycles. The Morgan fingerprint density at radius 1 is 1.60 bits per heavy atom. The maximum atomic E-state index is 11.7. The average molecular weight is 273 g/mol. The van der Waals surface area contributed by atoms with Gasteiger partial charge in [0, 0.05) is 12.8 Å². The molecule has 1 aromatic rings. The average Bonchev–Trinajstić information content (AvgIpc) is 2.26. The van der Waals surface area contributed by atoms with Crippen LogP contribution < -0.4 is 5.56 Å². The third kappa shape index (κ3) is 2.66. The Labute approximate surface area is 96.4 Å². The zero-order valence-corrected chi connectivity index (χ0v) is 9.94. The standard InChI is InChI=1S/C10H13BrN2O2/c11-9-5-12-7-13(10(9)14)6-8-3-1-2-4-15-8/h5,7-8H,1-4,6H2. The number of nitrogens with zero attached hydrogens (tertiary/aromatic N) is 2. The monoisotopic (exact) mass is 272 g/mol. The first kappa shape index (κ1) is 10.8. The van der Waals surface area contributed by atoms with Gasteiger partial charge >= 0.3 is 0 Å². The fourth-order valence-corrected chi connectivity index (χ4v) is 2.07. The molecule has 4 nitrogen and oxygen atoms in total. The van der Waals surface area contributed by atoms with Crippen LogP contribution in [-0.4, -0.2) is 22.3 Å². The van der Waals surface area contributed by atoms with Gasteiger partial charge in [0.1, 0.15) is 4.47 Å². The van der Waals surface area contributed by atoms with Crippen molar-refractivity contribution in [3.63, 3.8) is 0 Å². The Morgan fingerprint density at radius 2 is 2.47 bits per heavy atom. The summed E-state index contributed by atoms with van der Waals surface area (Å²) in [7, 11) is 0. The summed E-state index contributed by atoms with van der Waals surface area (Å²) in [5.74, 6) is 0. The number of hydrogen-bond donors (Lipinski definition) is 0. The third-order valence-electron chi connectivity index (χ3n) is 2.53. The maximum Gasteiger partial charge on any atom is 0.267 e. The minimum absolute atomic E-state index is 0.0424. The second-order valence-corrected chi connectivity index (χ2v) is 4.54. The van der Waals surface area contributed by atoms with Gasteiger partial charge in [-0.25, -0.2) is 4.98 Å². The van der Waals surface area contributed by atoms with Crippen LogP contribution in [0.25, 0.3) is 0 Å². The molecule has 1 aromatic heterocycles. The van der Waals surface area contributed by atoms with Crippen LogP contribution in [-0.2, 0) is 11.3 Å². The molecule has 0 amide bonds. The van der Waals surface area contributed by atoms with Crippen LogP contribution in [0.3, 0.4) is 0 Å². The molecule has 0 spiro atoms. The van der Waals surface area contributed by atoms with E-state index in [1.54, 1.807) is 10.9 Å². The maximum absolute atomic E-state index is 11.7. The van der Waals surface area contributed by atoms with Gasteiger partial charge in [-0.2, -0.15) is 0 Å². The predicted molar refractivity (Wildman–Crippen MR) is 59.8 cm³/mol. The van der Waals surface area contributed by atoms with E-state index in [0.717, 1.165) is 19.4 Å². The smallest absolute Gasteiger partial charge is 0.267 e. The van der Waals surface area contributed by atoms with Gasteiger partial charge in [-0.1, -0.05) is 0 Å². The molecule has 0 N–H and O–H groups in total. The molecule has 0 aliphatic carbocycles. The summed E-state index contributed by atoms with van der Waals surface area (Å²) in [5.41, 5.74) is -0.0424. The molecule has 5 heteroatoms. The van der Waals surface area contributed by atoms with E-state index >= 15 is 0 Å². The van der Waals surface area contributed by atoms with Gasteiger partial charge in [-0.15, -0.1) is 0 Å². The molecule has 0 bridgehead atoms. The number of hydrogen-bond acceptors (Lipinski definition) is 3. The van der Waals surface area contributed by atoms with Gasteiger partial charge in [0.25, 0.3) is 5.56 Å². The van der Waals surface area contributed by atoms with Crippen LogP contribution in [0, 0.1) is 0 Å². The Morgan fingerprint density at radius 3 is 3.20 bits per heavy atom. The predicted octanol–water partition coefficient (Wildman–Crippen LogP) is 1.57. The number of ether oxygens (including phenoxy) is 1. The van der Waals surface area contributed by atoms with Gasteiger partial charge in [-0.05, 0) is 35.2 Å². The Kier molecular flexibility index (Phi) is 3.53. The topological polar surface area (TPSA) is 44.1 Å². The second-order valence-electron chi connectivity index (χ2n) is 3.69. The molecular weight excluding hydrogens is 260 g/mol. The van der Waals surface area contributed by atoms with Gasteiger partial charge in [0.2, 0.25) is 0 Å². The molecule has 2 rings (SSSR count). The summed E-state index contributed by atoms with van der Waals surface area (Å²) >= 11 is 3.17. The largest absolute Gasteiger partial charge is 0.376 e. The fourth-order valence-electron chi connectivity index (χ4n) is 1.72. The van der Waals surface area contributed by atoms with Crippen molar-refractivity contribution in [2.45, 2.75) is 31.9 Å². The second kappa shape index (κ2) is 4.90. The highest BCUT2D eigenvalue weighted by Gasteiger charge is 2.15. The molecule has 1 atom stereocenters. The summed E-state index contributed by atoms with van der Waals surface area (Å²) < 4.78 is 7.67. The molecule has 1 aliphatic rings. The van der Waals surface area contributed by atoms with Gasteiger partial charge in [0.15, 0.2) is 0 Å². The van der Waals surface area contributed by atoms with Gasteiger partial charge in [-0.3, -0.25) is 9.36 Å². The van der Waals surface area contributed by atoms with E-state index < -0.39 is 0 Å². The summed E-state index contributed by atoms with van der Waals surface area (Å²) in [5, 5.41) is 0. The van der Waals surface area contributed by atoms with Crippen molar-refractivity contribution in [3.8, 4) is 0 Å². The van der Waals surface area contributed by atoms with Gasteiger partial charge < -0.3 is 4.74 Å². The molecule has 15 heavy (non-hydrogen) atoms. The molecular formula is C10H13BrN2O2. The highest BCUT2D eigenvalue weighted by Crippen LogP contribution is 2.13. The molecule has 1 fully saturated rings. The third-order valence-corrected chi connectivity index (χ3v) is 3.08. The highest BCUT2D eigenvalue weighted by molar-refractivity contribution is 9.10. The minimum atomic E-state index is -0.0424. The van der Waals surface area contributed by atoms with Crippen molar-refractivity contribution >= 4 is 15.9 Å².